The Kier molecular flexibility index (Phi) is 7.25. The van der Waals surface area contributed by atoms with Crippen LogP contribution in [0.25, 0.3) is 0 Å². The van der Waals surface area contributed by atoms with Crippen LogP contribution in [-0.4, -0.2) is 27.7 Å². The van der Waals surface area contributed by atoms with Gasteiger partial charge in [-0.05, 0) is 48.3 Å². The summed E-state index contributed by atoms with van der Waals surface area (Å²) < 4.78 is 7.63. The molecule has 0 unspecified atom stereocenters. The third-order valence-electron chi connectivity index (χ3n) is 3.99. The summed E-state index contributed by atoms with van der Waals surface area (Å²) in [6.45, 7) is 2.58. The number of halogens is 2. The van der Waals surface area contributed by atoms with Gasteiger partial charge < -0.3 is 4.74 Å². The molecule has 0 aliphatic heterocycles. The maximum Gasteiger partial charge on any atom is 0.216 e. The predicted molar refractivity (Wildman–Crippen MR) is 117 cm³/mol. The Bertz CT molecular complexity index is 992. The summed E-state index contributed by atoms with van der Waals surface area (Å²) in [6, 6.07) is 13.7. The third-order valence-corrected chi connectivity index (χ3v) is 4.82. The molecule has 0 fully saturated rings. The summed E-state index contributed by atoms with van der Waals surface area (Å²) in [4.78, 5) is 0. The Morgan fingerprint density at radius 1 is 1.18 bits per heavy atom. The highest BCUT2D eigenvalue weighted by Crippen LogP contribution is 2.34. The molecule has 1 aromatic heterocycles. The Morgan fingerprint density at radius 3 is 2.57 bits per heavy atom. The largest absolute Gasteiger partial charge is 0.490 e. The molecule has 0 saturated carbocycles. The van der Waals surface area contributed by atoms with Crippen LogP contribution in [0.15, 0.2) is 47.6 Å². The van der Waals surface area contributed by atoms with Crippen LogP contribution in [0.3, 0.4) is 0 Å². The van der Waals surface area contributed by atoms with Gasteiger partial charge in [0.2, 0.25) is 4.77 Å². The molecule has 0 aliphatic rings. The Hall–Kier alpha value is -2.15. The summed E-state index contributed by atoms with van der Waals surface area (Å²) in [5.41, 5.74) is 1.98. The number of benzene rings is 2. The van der Waals surface area contributed by atoms with Crippen molar-refractivity contribution in [3.63, 3.8) is 0 Å². The highest BCUT2D eigenvalue weighted by Gasteiger charge is 2.10. The predicted octanol–water partition coefficient (Wildman–Crippen LogP) is 5.70. The Balaban J connectivity index is 1.77. The van der Waals surface area contributed by atoms with E-state index in [-0.39, 0.29) is 0 Å². The van der Waals surface area contributed by atoms with E-state index in [0.717, 1.165) is 24.2 Å². The molecule has 5 nitrogen and oxygen atoms in total. The standard InChI is InChI=1S/C20H20Cl2N4OS/c1-2-10-27-19-16(21)11-15(12-17(19)22)13-23-26-18(24-25-20(26)28)9-8-14-6-4-3-5-7-14/h3-7,11-13H,2,8-10H2,1H3,(H,25,28)/b23-13-. The first-order valence-corrected chi connectivity index (χ1v) is 10.1. The molecule has 2 aromatic carbocycles. The zero-order valence-electron chi connectivity index (χ0n) is 15.4. The number of hydrogen-bond donors (Lipinski definition) is 1. The smallest absolute Gasteiger partial charge is 0.216 e. The van der Waals surface area contributed by atoms with E-state index in [1.54, 1.807) is 23.0 Å². The van der Waals surface area contributed by atoms with Gasteiger partial charge in [-0.25, -0.2) is 0 Å². The van der Waals surface area contributed by atoms with Gasteiger partial charge in [-0.1, -0.05) is 60.5 Å². The lowest BCUT2D eigenvalue weighted by atomic mass is 10.1. The van der Waals surface area contributed by atoms with E-state index in [0.29, 0.717) is 33.6 Å². The number of rotatable bonds is 8. The lowest BCUT2D eigenvalue weighted by Gasteiger charge is -2.09. The van der Waals surface area contributed by atoms with Crippen molar-refractivity contribution in [2.75, 3.05) is 6.61 Å². The minimum atomic E-state index is 0.430. The second kappa shape index (κ2) is 9.87. The molecule has 0 atom stereocenters. The number of aryl methyl sites for hydroxylation is 2. The van der Waals surface area contributed by atoms with Crippen molar-refractivity contribution < 1.29 is 4.74 Å². The molecule has 3 rings (SSSR count). The van der Waals surface area contributed by atoms with Crippen molar-refractivity contribution >= 4 is 41.6 Å². The summed E-state index contributed by atoms with van der Waals surface area (Å²) >= 11 is 17.9. The monoisotopic (exact) mass is 434 g/mol. The van der Waals surface area contributed by atoms with Crippen LogP contribution in [0.2, 0.25) is 10.0 Å². The minimum Gasteiger partial charge on any atom is -0.490 e. The highest BCUT2D eigenvalue weighted by molar-refractivity contribution is 7.71. The summed E-state index contributed by atoms with van der Waals surface area (Å²) in [7, 11) is 0. The second-order valence-electron chi connectivity index (χ2n) is 6.15. The lowest BCUT2D eigenvalue weighted by Crippen LogP contribution is -2.02. The van der Waals surface area contributed by atoms with Crippen molar-refractivity contribution in [3.8, 4) is 5.75 Å². The summed E-state index contributed by atoms with van der Waals surface area (Å²) in [5, 5.41) is 12.4. The van der Waals surface area contributed by atoms with Crippen molar-refractivity contribution in [1.29, 1.82) is 0 Å². The molecule has 28 heavy (non-hydrogen) atoms. The lowest BCUT2D eigenvalue weighted by molar-refractivity contribution is 0.318. The van der Waals surface area contributed by atoms with Gasteiger partial charge in [0, 0.05) is 6.42 Å². The molecule has 3 aromatic rings. The normalized spacial score (nSPS) is 11.2. The number of hydrogen-bond acceptors (Lipinski definition) is 4. The van der Waals surface area contributed by atoms with Crippen LogP contribution < -0.4 is 4.74 Å². The fourth-order valence-corrected chi connectivity index (χ4v) is 3.44. The van der Waals surface area contributed by atoms with E-state index in [9.17, 15) is 0 Å². The zero-order valence-corrected chi connectivity index (χ0v) is 17.7. The highest BCUT2D eigenvalue weighted by atomic mass is 35.5. The fourth-order valence-electron chi connectivity index (χ4n) is 2.63. The van der Waals surface area contributed by atoms with Crippen molar-refractivity contribution in [3.05, 3.63) is 74.2 Å². The van der Waals surface area contributed by atoms with Gasteiger partial charge in [0.15, 0.2) is 11.6 Å². The molecule has 0 amide bonds. The summed E-state index contributed by atoms with van der Waals surface area (Å²) in [5.74, 6) is 1.25. The van der Waals surface area contributed by atoms with Gasteiger partial charge in [-0.15, -0.1) is 0 Å². The number of nitrogens with one attached hydrogen (secondary N) is 1. The average Bonchev–Trinajstić information content (AvgIpc) is 3.04. The van der Waals surface area contributed by atoms with Crippen molar-refractivity contribution in [2.24, 2.45) is 5.10 Å². The number of aromatic amines is 1. The topological polar surface area (TPSA) is 55.2 Å². The molecule has 146 valence electrons. The van der Waals surface area contributed by atoms with Gasteiger partial charge in [0.25, 0.3) is 0 Å². The zero-order chi connectivity index (χ0) is 19.9. The number of nitrogens with zero attached hydrogens (tertiary/aromatic N) is 3. The first-order chi connectivity index (χ1) is 13.6. The molecule has 0 aliphatic carbocycles. The van der Waals surface area contributed by atoms with E-state index < -0.39 is 0 Å². The van der Waals surface area contributed by atoms with Crippen molar-refractivity contribution in [2.45, 2.75) is 26.2 Å². The SMILES string of the molecule is CCCOc1c(Cl)cc(/C=N\n2c(CCc3ccccc3)n[nH]c2=S)cc1Cl. The molecular formula is C20H20Cl2N4OS. The Morgan fingerprint density at radius 2 is 1.89 bits per heavy atom. The molecule has 0 bridgehead atoms. The molecule has 0 spiro atoms. The second-order valence-corrected chi connectivity index (χ2v) is 7.35. The number of H-pyrrole nitrogens is 1. The van der Waals surface area contributed by atoms with Crippen LogP contribution in [-0.2, 0) is 12.8 Å². The quantitative estimate of drug-likeness (QED) is 0.365. The van der Waals surface area contributed by atoms with Gasteiger partial charge in [-0.3, -0.25) is 5.10 Å². The van der Waals surface area contributed by atoms with Crippen LogP contribution in [0.4, 0.5) is 0 Å². The maximum atomic E-state index is 6.29. The molecule has 0 radical (unpaired) electrons. The number of ether oxygens (including phenoxy) is 1. The van der Waals surface area contributed by atoms with E-state index in [1.807, 2.05) is 25.1 Å². The van der Waals surface area contributed by atoms with Crippen LogP contribution >= 0.6 is 35.4 Å². The molecule has 1 N–H and O–H groups in total. The Labute approximate surface area is 179 Å². The molecule has 1 heterocycles. The summed E-state index contributed by atoms with van der Waals surface area (Å²) in [6.07, 6.45) is 4.08. The third kappa shape index (κ3) is 5.22. The molecule has 0 saturated heterocycles. The van der Waals surface area contributed by atoms with Gasteiger partial charge in [0.05, 0.1) is 22.9 Å². The first-order valence-electron chi connectivity index (χ1n) is 8.95. The van der Waals surface area contributed by atoms with Crippen LogP contribution in [0.1, 0.15) is 30.3 Å². The van der Waals surface area contributed by atoms with E-state index in [4.69, 9.17) is 40.2 Å². The van der Waals surface area contributed by atoms with Crippen LogP contribution in [0.5, 0.6) is 5.75 Å². The van der Waals surface area contributed by atoms with Gasteiger partial charge in [-0.2, -0.15) is 14.9 Å². The fraction of sp³-hybridized carbons (Fsp3) is 0.250. The van der Waals surface area contributed by atoms with Gasteiger partial charge >= 0.3 is 0 Å². The molecule has 8 heteroatoms. The van der Waals surface area contributed by atoms with E-state index >= 15 is 0 Å². The van der Waals surface area contributed by atoms with Crippen LogP contribution in [0, 0.1) is 4.77 Å². The maximum absolute atomic E-state index is 6.29. The molecular weight excluding hydrogens is 415 g/mol. The van der Waals surface area contributed by atoms with E-state index in [2.05, 4.69) is 27.4 Å². The van der Waals surface area contributed by atoms with Gasteiger partial charge in [0.1, 0.15) is 0 Å². The first kappa shape index (κ1) is 20.6. The van der Waals surface area contributed by atoms with Crippen molar-refractivity contribution in [1.82, 2.24) is 14.9 Å². The average molecular weight is 435 g/mol. The minimum absolute atomic E-state index is 0.430. The number of aromatic nitrogens is 3. The van der Waals surface area contributed by atoms with E-state index in [1.165, 1.54) is 5.56 Å².